The number of alkyl halides is 2. The molecule has 0 saturated carbocycles. The Hall–Kier alpha value is -2.70. The van der Waals surface area contributed by atoms with Crippen LogP contribution in [0.3, 0.4) is 0 Å². The van der Waals surface area contributed by atoms with Gasteiger partial charge in [-0.25, -0.2) is 9.80 Å². The number of aliphatic hydroxyl groups is 1. The van der Waals surface area contributed by atoms with Crippen LogP contribution in [0.25, 0.3) is 0 Å². The number of carbonyl (C=O) groups is 3. The molecule has 34 heavy (non-hydrogen) atoms. The highest BCUT2D eigenvalue weighted by molar-refractivity contribution is 8.03. The van der Waals surface area contributed by atoms with Gasteiger partial charge in [0.1, 0.15) is 17.7 Å². The Balaban J connectivity index is 1.49. The van der Waals surface area contributed by atoms with Crippen molar-refractivity contribution in [3.8, 4) is 5.75 Å². The van der Waals surface area contributed by atoms with Gasteiger partial charge in [-0.1, -0.05) is 13.0 Å². The lowest BCUT2D eigenvalue weighted by atomic mass is 9.79. The number of anilines is 1. The first kappa shape index (κ1) is 24.4. The SMILES string of the molecule is C[C@@H](O)[C@H]1C(=O)N2C(C(=O)O)=C(S[C@H]3C[C@@H](C=O)N(Nc4cccc(OC(F)F)c4)C3)[C@H](C)[C@H]12. The first-order valence-corrected chi connectivity index (χ1v) is 11.7. The molecular formula is C22H25F2N3O6S. The van der Waals surface area contributed by atoms with E-state index in [0.29, 0.717) is 23.6 Å². The van der Waals surface area contributed by atoms with E-state index in [0.717, 1.165) is 6.29 Å². The molecule has 3 aliphatic heterocycles. The number of nitrogens with one attached hydrogen (secondary N) is 1. The molecule has 3 N–H and O–H groups in total. The number of aliphatic hydroxyl groups excluding tert-OH is 1. The zero-order chi connectivity index (χ0) is 24.7. The molecule has 9 nitrogen and oxygen atoms in total. The van der Waals surface area contributed by atoms with Crippen molar-refractivity contribution >= 4 is 35.6 Å². The number of hydrogen-bond donors (Lipinski definition) is 3. The second kappa shape index (κ2) is 9.51. The Morgan fingerprint density at radius 2 is 2.12 bits per heavy atom. The van der Waals surface area contributed by atoms with Crippen LogP contribution in [-0.4, -0.2) is 74.9 Å². The van der Waals surface area contributed by atoms with E-state index < -0.39 is 42.6 Å². The van der Waals surface area contributed by atoms with E-state index >= 15 is 0 Å². The lowest BCUT2D eigenvalue weighted by molar-refractivity contribution is -0.163. The number of β-lactam (4-membered cyclic amide) rings is 1. The van der Waals surface area contributed by atoms with Gasteiger partial charge >= 0.3 is 12.6 Å². The van der Waals surface area contributed by atoms with Gasteiger partial charge in [0.15, 0.2) is 0 Å². The fourth-order valence-corrected chi connectivity index (χ4v) is 6.47. The highest BCUT2D eigenvalue weighted by Gasteiger charge is 2.60. The third-order valence-corrected chi connectivity index (χ3v) is 7.89. The minimum Gasteiger partial charge on any atom is -0.477 e. The third-order valence-electron chi connectivity index (χ3n) is 6.40. The number of halogens is 2. The lowest BCUT2D eigenvalue weighted by Crippen LogP contribution is -2.63. The Morgan fingerprint density at radius 1 is 1.38 bits per heavy atom. The van der Waals surface area contributed by atoms with Crippen LogP contribution >= 0.6 is 11.8 Å². The number of amides is 1. The van der Waals surface area contributed by atoms with Crippen molar-refractivity contribution in [3.63, 3.8) is 0 Å². The number of carbonyl (C=O) groups excluding carboxylic acids is 2. The average Bonchev–Trinajstić information content (AvgIpc) is 3.24. The summed E-state index contributed by atoms with van der Waals surface area (Å²) in [6.07, 6.45) is 0.319. The summed E-state index contributed by atoms with van der Waals surface area (Å²) in [4.78, 5) is 38.1. The summed E-state index contributed by atoms with van der Waals surface area (Å²) in [7, 11) is 0. The molecule has 0 unspecified atom stereocenters. The number of aliphatic carboxylic acids is 1. The van der Waals surface area contributed by atoms with E-state index in [1.54, 1.807) is 17.1 Å². The number of hydrogen-bond acceptors (Lipinski definition) is 8. The van der Waals surface area contributed by atoms with Gasteiger partial charge in [-0.3, -0.25) is 4.79 Å². The molecule has 0 aliphatic carbocycles. The maximum atomic E-state index is 12.5. The molecule has 0 aromatic heterocycles. The van der Waals surface area contributed by atoms with Crippen molar-refractivity contribution in [2.24, 2.45) is 11.8 Å². The maximum Gasteiger partial charge on any atom is 0.387 e. The second-order valence-electron chi connectivity index (χ2n) is 8.62. The summed E-state index contributed by atoms with van der Waals surface area (Å²) in [6, 6.07) is 5.05. The second-order valence-corrected chi connectivity index (χ2v) is 9.96. The van der Waals surface area contributed by atoms with Crippen molar-refractivity contribution in [3.05, 3.63) is 34.9 Å². The smallest absolute Gasteiger partial charge is 0.387 e. The molecule has 0 spiro atoms. The van der Waals surface area contributed by atoms with Crippen LogP contribution < -0.4 is 10.2 Å². The quantitative estimate of drug-likeness (QED) is 0.348. The first-order valence-electron chi connectivity index (χ1n) is 10.8. The fraction of sp³-hybridized carbons (Fsp3) is 0.500. The average molecular weight is 498 g/mol. The Bertz CT molecular complexity index is 1020. The van der Waals surface area contributed by atoms with Crippen molar-refractivity contribution in [1.82, 2.24) is 9.91 Å². The number of aldehydes is 1. The number of fused-ring (bicyclic) bond motifs is 1. The summed E-state index contributed by atoms with van der Waals surface area (Å²) < 4.78 is 29.4. The zero-order valence-corrected chi connectivity index (χ0v) is 19.2. The van der Waals surface area contributed by atoms with Crippen molar-refractivity contribution in [1.29, 1.82) is 0 Å². The van der Waals surface area contributed by atoms with Crippen LogP contribution in [0.15, 0.2) is 34.9 Å². The van der Waals surface area contributed by atoms with Gasteiger partial charge in [-0.15, -0.1) is 11.8 Å². The van der Waals surface area contributed by atoms with E-state index in [2.05, 4.69) is 10.2 Å². The molecule has 184 valence electrons. The van der Waals surface area contributed by atoms with Crippen LogP contribution in [0.2, 0.25) is 0 Å². The van der Waals surface area contributed by atoms with Gasteiger partial charge in [-0.05, 0) is 25.5 Å². The van der Waals surface area contributed by atoms with Crippen LogP contribution in [0, 0.1) is 11.8 Å². The minimum atomic E-state index is -2.96. The predicted molar refractivity (Wildman–Crippen MR) is 119 cm³/mol. The summed E-state index contributed by atoms with van der Waals surface area (Å²) in [6.45, 7) is 0.778. The Kier molecular flexibility index (Phi) is 6.83. The van der Waals surface area contributed by atoms with E-state index in [-0.39, 0.29) is 22.6 Å². The number of benzene rings is 1. The van der Waals surface area contributed by atoms with E-state index in [1.807, 2.05) is 6.92 Å². The molecule has 1 amide bonds. The molecule has 4 rings (SSSR count). The molecule has 0 radical (unpaired) electrons. The minimum absolute atomic E-state index is 0.0225. The van der Waals surface area contributed by atoms with Crippen molar-refractivity contribution in [2.75, 3.05) is 12.0 Å². The van der Waals surface area contributed by atoms with Crippen LogP contribution in [0.1, 0.15) is 20.3 Å². The van der Waals surface area contributed by atoms with Crippen molar-refractivity contribution < 1.29 is 38.1 Å². The lowest BCUT2D eigenvalue weighted by Gasteiger charge is -2.46. The highest BCUT2D eigenvalue weighted by Crippen LogP contribution is 2.52. The molecule has 6 atom stereocenters. The summed E-state index contributed by atoms with van der Waals surface area (Å²) >= 11 is 1.33. The van der Waals surface area contributed by atoms with Gasteiger partial charge in [0.05, 0.1) is 29.8 Å². The largest absolute Gasteiger partial charge is 0.477 e. The monoisotopic (exact) mass is 497 g/mol. The van der Waals surface area contributed by atoms with Gasteiger partial charge in [0, 0.05) is 28.7 Å². The summed E-state index contributed by atoms with van der Waals surface area (Å²) in [5.74, 6) is -2.54. The maximum absolute atomic E-state index is 12.5. The molecule has 12 heteroatoms. The molecule has 3 aliphatic rings. The number of thioether (sulfide) groups is 1. The summed E-state index contributed by atoms with van der Waals surface area (Å²) in [5, 5.41) is 21.3. The number of hydrazine groups is 1. The zero-order valence-electron chi connectivity index (χ0n) is 18.4. The predicted octanol–water partition coefficient (Wildman–Crippen LogP) is 2.14. The molecule has 2 fully saturated rings. The molecule has 2 saturated heterocycles. The number of ether oxygens (including phenoxy) is 1. The van der Waals surface area contributed by atoms with Gasteiger partial charge in [0.2, 0.25) is 5.91 Å². The molecule has 3 heterocycles. The molecular weight excluding hydrogens is 472 g/mol. The van der Waals surface area contributed by atoms with Gasteiger partial charge in [-0.2, -0.15) is 8.78 Å². The first-order chi connectivity index (χ1) is 16.1. The van der Waals surface area contributed by atoms with E-state index in [1.165, 1.54) is 35.7 Å². The normalized spacial score (nSPS) is 29.8. The Morgan fingerprint density at radius 3 is 2.74 bits per heavy atom. The number of carboxylic acid groups (broad SMARTS) is 1. The topological polar surface area (TPSA) is 119 Å². The molecule has 1 aromatic rings. The molecule has 0 bridgehead atoms. The van der Waals surface area contributed by atoms with Gasteiger partial charge < -0.3 is 30.1 Å². The Labute approximate surface area is 198 Å². The van der Waals surface area contributed by atoms with E-state index in [4.69, 9.17) is 0 Å². The van der Waals surface area contributed by atoms with Crippen LogP contribution in [0.4, 0.5) is 14.5 Å². The third kappa shape index (κ3) is 4.37. The standard InChI is InChI=1S/C22H25F2N3O6S/c1-10-17-16(11(2)29)20(30)27(17)18(21(31)32)19(10)34-15-7-13(9-28)26(8-15)25-12-4-3-5-14(6-12)33-22(23)24/h3-6,9-11,13,15-17,22,25,29H,7-8H2,1-2H3,(H,31,32)/t10-,11-,13+,15+,16-,17-/m1/s1. The van der Waals surface area contributed by atoms with E-state index in [9.17, 15) is 33.4 Å². The van der Waals surface area contributed by atoms with Crippen LogP contribution in [0.5, 0.6) is 5.75 Å². The summed E-state index contributed by atoms with van der Waals surface area (Å²) in [5.41, 5.74) is 3.45. The highest BCUT2D eigenvalue weighted by atomic mass is 32.2. The van der Waals surface area contributed by atoms with Crippen LogP contribution in [-0.2, 0) is 14.4 Å². The number of carboxylic acids is 1. The van der Waals surface area contributed by atoms with Crippen molar-refractivity contribution in [2.45, 2.75) is 50.3 Å². The fourth-order valence-electron chi connectivity index (χ4n) is 4.93. The van der Waals surface area contributed by atoms with Gasteiger partial charge in [0.25, 0.3) is 0 Å². The number of rotatable bonds is 9. The number of nitrogens with zero attached hydrogens (tertiary/aromatic N) is 2. The molecule has 1 aromatic carbocycles.